The lowest BCUT2D eigenvalue weighted by atomic mass is 10.0. The maximum absolute atomic E-state index is 3.99. The molecule has 2 aromatic rings. The predicted molar refractivity (Wildman–Crippen MR) is 115 cm³/mol. The maximum Gasteiger partial charge on any atom is 0.0364 e. The molecule has 2 atom stereocenters. The second-order valence-corrected chi connectivity index (χ2v) is 8.60. The van der Waals surface area contributed by atoms with Crippen LogP contribution in [-0.4, -0.2) is 49.7 Å². The highest BCUT2D eigenvalue weighted by atomic mass is 15.2. The van der Waals surface area contributed by atoms with Crippen LogP contribution in [0.25, 0.3) is 0 Å². The van der Waals surface area contributed by atoms with Crippen molar-refractivity contribution in [3.05, 3.63) is 66.2 Å². The topological polar surface area (TPSA) is 18.5 Å². The Morgan fingerprint density at radius 2 is 1.63 bits per heavy atom. The highest BCUT2D eigenvalue weighted by molar-refractivity contribution is 5.44. The Bertz CT molecular complexity index is 709. The largest absolute Gasteiger partial charge is 0.373 e. The number of likely N-dealkylation sites (tertiary alicyclic amines) is 1. The van der Waals surface area contributed by atoms with E-state index in [1.807, 2.05) is 0 Å². The molecule has 1 N–H and O–H groups in total. The summed E-state index contributed by atoms with van der Waals surface area (Å²) in [5.41, 5.74) is 3.11. The maximum atomic E-state index is 3.99. The minimum absolute atomic E-state index is 0.307. The Balaban J connectivity index is 1.20. The van der Waals surface area contributed by atoms with Crippen LogP contribution in [0.15, 0.2) is 60.7 Å². The first-order chi connectivity index (χ1) is 13.1. The van der Waals surface area contributed by atoms with Crippen molar-refractivity contribution in [1.29, 1.82) is 0 Å². The molecule has 2 fully saturated rings. The van der Waals surface area contributed by atoms with Crippen LogP contribution in [0, 0.1) is 0 Å². The van der Waals surface area contributed by atoms with E-state index in [0.717, 1.165) is 13.1 Å². The van der Waals surface area contributed by atoms with Crippen molar-refractivity contribution in [2.24, 2.45) is 0 Å². The van der Waals surface area contributed by atoms with Crippen molar-refractivity contribution < 1.29 is 0 Å². The van der Waals surface area contributed by atoms with E-state index < -0.39 is 0 Å². The van der Waals surface area contributed by atoms with Gasteiger partial charge in [0, 0.05) is 43.3 Å². The van der Waals surface area contributed by atoms with Crippen molar-refractivity contribution >= 4 is 5.69 Å². The Morgan fingerprint density at radius 3 is 2.30 bits per heavy atom. The molecule has 0 radical (unpaired) electrons. The van der Waals surface area contributed by atoms with Gasteiger partial charge in [0.1, 0.15) is 0 Å². The highest BCUT2D eigenvalue weighted by Crippen LogP contribution is 2.51. The Hall–Kier alpha value is -1.84. The molecule has 4 rings (SSSR count). The van der Waals surface area contributed by atoms with Crippen LogP contribution in [0.5, 0.6) is 0 Å². The number of nitrogens with zero attached hydrogens (tertiary/aromatic N) is 2. The number of likely N-dealkylation sites (N-methyl/N-ethyl adjacent to an activating group) is 1. The van der Waals surface area contributed by atoms with E-state index >= 15 is 0 Å². The second kappa shape index (κ2) is 8.04. The summed E-state index contributed by atoms with van der Waals surface area (Å²) in [6.45, 7) is 7.09. The van der Waals surface area contributed by atoms with Crippen LogP contribution in [0.2, 0.25) is 0 Å². The molecule has 0 bridgehead atoms. The van der Waals surface area contributed by atoms with E-state index in [1.165, 1.54) is 43.6 Å². The zero-order chi connectivity index (χ0) is 18.7. The predicted octanol–water partition coefficient (Wildman–Crippen LogP) is 4.12. The molecule has 2 aromatic carbocycles. The average molecular weight is 364 g/mol. The number of hydrogen-bond donors (Lipinski definition) is 1. The minimum Gasteiger partial charge on any atom is -0.373 e. The van der Waals surface area contributed by atoms with Crippen molar-refractivity contribution in [2.45, 2.75) is 43.7 Å². The smallest absolute Gasteiger partial charge is 0.0364 e. The number of anilines is 1. The van der Waals surface area contributed by atoms with E-state index in [1.54, 1.807) is 0 Å². The van der Waals surface area contributed by atoms with E-state index in [9.17, 15) is 0 Å². The number of benzene rings is 2. The summed E-state index contributed by atoms with van der Waals surface area (Å²) in [4.78, 5) is 4.99. The van der Waals surface area contributed by atoms with Crippen molar-refractivity contribution in [2.75, 3.05) is 38.1 Å². The highest BCUT2D eigenvalue weighted by Gasteiger charge is 2.51. The fourth-order valence-corrected chi connectivity index (χ4v) is 4.57. The lowest BCUT2D eigenvalue weighted by molar-refractivity contribution is 0.193. The Morgan fingerprint density at radius 1 is 1.00 bits per heavy atom. The molecule has 0 unspecified atom stereocenters. The number of hydrogen-bond acceptors (Lipinski definition) is 3. The third-order valence-corrected chi connectivity index (χ3v) is 6.51. The van der Waals surface area contributed by atoms with Crippen LogP contribution in [0.3, 0.4) is 0 Å². The molecule has 0 amide bonds. The fourth-order valence-electron chi connectivity index (χ4n) is 4.57. The quantitative estimate of drug-likeness (QED) is 0.798. The van der Waals surface area contributed by atoms with Crippen molar-refractivity contribution in [1.82, 2.24) is 10.2 Å². The molecule has 1 saturated heterocycles. The number of nitrogens with one attached hydrogen (secondary N) is 1. The molecule has 3 nitrogen and oxygen atoms in total. The van der Waals surface area contributed by atoms with Gasteiger partial charge in [-0.05, 0) is 57.0 Å². The van der Waals surface area contributed by atoms with E-state index in [0.29, 0.717) is 17.5 Å². The third kappa shape index (κ3) is 4.53. The van der Waals surface area contributed by atoms with Crippen molar-refractivity contribution in [3.63, 3.8) is 0 Å². The van der Waals surface area contributed by atoms with Crippen molar-refractivity contribution in [3.8, 4) is 0 Å². The normalized spacial score (nSPS) is 26.1. The summed E-state index contributed by atoms with van der Waals surface area (Å²) in [7, 11) is 2.20. The van der Waals surface area contributed by atoms with E-state index in [2.05, 4.69) is 89.8 Å². The van der Waals surface area contributed by atoms with Gasteiger partial charge in [-0.25, -0.2) is 0 Å². The zero-order valence-corrected chi connectivity index (χ0v) is 16.8. The SMILES string of the molecule is CN(CCN1CCC(N[C@]2(C)C[C@H]2c2ccccc2)CC1)c1ccccc1. The molecular weight excluding hydrogens is 330 g/mol. The van der Waals surface area contributed by atoms with Gasteiger partial charge in [-0.1, -0.05) is 48.5 Å². The molecule has 1 heterocycles. The van der Waals surface area contributed by atoms with Gasteiger partial charge in [-0.15, -0.1) is 0 Å². The van der Waals surface area contributed by atoms with Gasteiger partial charge >= 0.3 is 0 Å². The van der Waals surface area contributed by atoms with Crippen LogP contribution in [0.4, 0.5) is 5.69 Å². The third-order valence-electron chi connectivity index (χ3n) is 6.51. The van der Waals surface area contributed by atoms with Gasteiger partial charge in [-0.3, -0.25) is 0 Å². The Labute approximate surface area is 164 Å². The molecule has 1 aliphatic heterocycles. The summed E-state index contributed by atoms with van der Waals surface area (Å²) >= 11 is 0. The van der Waals surface area contributed by atoms with Crippen LogP contribution in [0.1, 0.15) is 37.7 Å². The molecular formula is C24H33N3. The first-order valence-corrected chi connectivity index (χ1v) is 10.5. The molecule has 0 aromatic heterocycles. The standard InChI is InChI=1S/C24H33N3/c1-24(19-23(24)20-9-5-3-6-10-20)25-21-13-15-27(16-14-21)18-17-26(2)22-11-7-4-8-12-22/h3-12,21,23,25H,13-19H2,1-2H3/t23-,24+/m0/s1. The van der Waals surface area contributed by atoms with Gasteiger partial charge in [0.25, 0.3) is 0 Å². The van der Waals surface area contributed by atoms with Gasteiger partial charge in [0.15, 0.2) is 0 Å². The van der Waals surface area contributed by atoms with E-state index in [4.69, 9.17) is 0 Å². The minimum atomic E-state index is 0.307. The van der Waals surface area contributed by atoms with Gasteiger partial charge in [0.2, 0.25) is 0 Å². The molecule has 144 valence electrons. The lowest BCUT2D eigenvalue weighted by Crippen LogP contribution is -2.48. The summed E-state index contributed by atoms with van der Waals surface area (Å²) in [6, 6.07) is 22.4. The van der Waals surface area contributed by atoms with Crippen LogP contribution >= 0.6 is 0 Å². The summed E-state index contributed by atoms with van der Waals surface area (Å²) < 4.78 is 0. The first kappa shape index (κ1) is 18.5. The van der Waals surface area contributed by atoms with Gasteiger partial charge < -0.3 is 15.1 Å². The molecule has 1 aliphatic carbocycles. The summed E-state index contributed by atoms with van der Waals surface area (Å²) in [6.07, 6.45) is 3.82. The molecule has 0 spiro atoms. The molecule has 1 saturated carbocycles. The second-order valence-electron chi connectivity index (χ2n) is 8.60. The number of rotatable bonds is 7. The molecule has 3 heteroatoms. The fraction of sp³-hybridized carbons (Fsp3) is 0.500. The lowest BCUT2D eigenvalue weighted by Gasteiger charge is -2.35. The molecule has 2 aliphatic rings. The average Bonchev–Trinajstić information content (AvgIpc) is 3.39. The first-order valence-electron chi connectivity index (χ1n) is 10.5. The van der Waals surface area contributed by atoms with E-state index in [-0.39, 0.29) is 0 Å². The monoisotopic (exact) mass is 363 g/mol. The van der Waals surface area contributed by atoms with Crippen LogP contribution < -0.4 is 10.2 Å². The summed E-state index contributed by atoms with van der Waals surface area (Å²) in [5.74, 6) is 0.691. The van der Waals surface area contributed by atoms with Gasteiger partial charge in [0.05, 0.1) is 0 Å². The summed E-state index contributed by atoms with van der Waals surface area (Å²) in [5, 5.41) is 3.99. The Kier molecular flexibility index (Phi) is 5.51. The molecule has 27 heavy (non-hydrogen) atoms. The number of piperidine rings is 1. The van der Waals surface area contributed by atoms with Gasteiger partial charge in [-0.2, -0.15) is 0 Å². The van der Waals surface area contributed by atoms with Crippen LogP contribution in [-0.2, 0) is 0 Å². The zero-order valence-electron chi connectivity index (χ0n) is 16.8. The number of para-hydroxylation sites is 1.